The Morgan fingerprint density at radius 2 is 0.933 bits per heavy atom. The van der Waals surface area contributed by atoms with Crippen LogP contribution >= 0.6 is 22.7 Å². The largest absolute Gasteiger partial charge is 0.152 e. The molecule has 0 aliphatic carbocycles. The van der Waals surface area contributed by atoms with E-state index in [0.29, 0.717) is 0 Å². The fourth-order valence-electron chi connectivity index (χ4n) is 3.89. The lowest BCUT2D eigenvalue weighted by Crippen LogP contribution is -1.85. The van der Waals surface area contributed by atoms with Gasteiger partial charge in [0.1, 0.15) is 0 Å². The van der Waals surface area contributed by atoms with Crippen molar-refractivity contribution in [3.05, 3.63) is 45.3 Å². The van der Waals surface area contributed by atoms with Crippen LogP contribution in [0.15, 0.2) is 39.7 Å². The van der Waals surface area contributed by atoms with Gasteiger partial charge in [-0.1, -0.05) is 128 Å². The molecule has 0 nitrogen and oxygen atoms in total. The Morgan fingerprint density at radius 3 is 1.27 bits per heavy atom. The lowest BCUT2D eigenvalue weighted by Gasteiger charge is -2.04. The molecule has 2 heterocycles. The van der Waals surface area contributed by atoms with Crippen LogP contribution in [0.2, 0.25) is 0 Å². The van der Waals surface area contributed by atoms with Crippen molar-refractivity contribution in [1.82, 2.24) is 0 Å². The molecule has 2 aromatic heterocycles. The first-order valence-corrected chi connectivity index (χ1v) is 14.8. The van der Waals surface area contributed by atoms with Crippen LogP contribution in [0.4, 0.5) is 0 Å². The molecule has 30 heavy (non-hydrogen) atoms. The Kier molecular flexibility index (Phi) is 21.1. The summed E-state index contributed by atoms with van der Waals surface area (Å²) in [6, 6.07) is 6.31. The molecule has 0 amide bonds. The molecule has 0 aromatic carbocycles. The maximum atomic E-state index is 2.30. The maximum absolute atomic E-state index is 2.30. The van der Waals surface area contributed by atoms with Crippen LogP contribution < -0.4 is 0 Å². The average Bonchev–Trinajstić information content (AvgIpc) is 3.50. The van der Waals surface area contributed by atoms with Crippen molar-refractivity contribution in [3.8, 4) is 0 Å². The van der Waals surface area contributed by atoms with E-state index in [0.717, 1.165) is 0 Å². The minimum absolute atomic E-state index is 1.29. The number of hydrogen-bond donors (Lipinski definition) is 0. The van der Waals surface area contributed by atoms with Gasteiger partial charge in [-0.25, -0.2) is 0 Å². The van der Waals surface area contributed by atoms with Gasteiger partial charge in [0.15, 0.2) is 0 Å². The van der Waals surface area contributed by atoms with Gasteiger partial charge in [-0.3, -0.25) is 0 Å². The fourth-order valence-corrected chi connectivity index (χ4v) is 5.05. The molecule has 2 heteroatoms. The maximum Gasteiger partial charge on any atom is -0.00613 e. The monoisotopic (exact) mass is 448 g/mol. The summed E-state index contributed by atoms with van der Waals surface area (Å²) in [6.07, 6.45) is 27.6. The third kappa shape index (κ3) is 19.4. The van der Waals surface area contributed by atoms with Gasteiger partial charge in [0.25, 0.3) is 0 Å². The van der Waals surface area contributed by atoms with Gasteiger partial charge in [0, 0.05) is 0 Å². The number of unbranched alkanes of at least 4 members (excludes halogenated alkanes) is 17. The molecule has 0 bridgehead atoms. The van der Waals surface area contributed by atoms with Crippen LogP contribution in [-0.2, 0) is 6.42 Å². The summed E-state index contributed by atoms with van der Waals surface area (Å²) in [5.74, 6) is 0. The minimum atomic E-state index is 1.29. The van der Waals surface area contributed by atoms with Gasteiger partial charge in [0.2, 0.25) is 0 Å². The van der Waals surface area contributed by atoms with E-state index < -0.39 is 0 Å². The topological polar surface area (TPSA) is 0 Å². The molecule has 0 spiro atoms. The van der Waals surface area contributed by atoms with Gasteiger partial charge < -0.3 is 0 Å². The van der Waals surface area contributed by atoms with E-state index in [1.165, 1.54) is 122 Å². The predicted octanol–water partition coefficient (Wildman–Crippen LogP) is 11.1. The summed E-state index contributed by atoms with van der Waals surface area (Å²) in [5.41, 5.74) is 1.54. The Bertz CT molecular complexity index is 484. The Morgan fingerprint density at radius 1 is 0.500 bits per heavy atom. The van der Waals surface area contributed by atoms with Gasteiger partial charge in [0.05, 0.1) is 0 Å². The zero-order chi connectivity index (χ0) is 21.4. The van der Waals surface area contributed by atoms with E-state index in [-0.39, 0.29) is 0 Å². The average molecular weight is 449 g/mol. The summed E-state index contributed by atoms with van der Waals surface area (Å²) in [7, 11) is 0. The normalized spacial score (nSPS) is 10.7. The van der Waals surface area contributed by atoms with Crippen molar-refractivity contribution in [1.29, 1.82) is 0 Å². The number of thiophene rings is 2. The highest BCUT2D eigenvalue weighted by Crippen LogP contribution is 2.15. The molecular weight excluding hydrogens is 400 g/mol. The van der Waals surface area contributed by atoms with E-state index in [9.17, 15) is 0 Å². The summed E-state index contributed by atoms with van der Waals surface area (Å²) in [5, 5.41) is 8.58. The van der Waals surface area contributed by atoms with E-state index in [2.05, 4.69) is 23.8 Å². The van der Waals surface area contributed by atoms with Crippen LogP contribution in [0.3, 0.4) is 0 Å². The van der Waals surface area contributed by atoms with Crippen molar-refractivity contribution in [2.24, 2.45) is 0 Å². The zero-order valence-corrected chi connectivity index (χ0v) is 21.4. The number of hydrogen-bond acceptors (Lipinski definition) is 2. The minimum Gasteiger partial charge on any atom is -0.152 e. The third-order valence-electron chi connectivity index (χ3n) is 5.82. The highest BCUT2D eigenvalue weighted by Gasteiger charge is 1.96. The molecule has 0 fully saturated rings. The SMILES string of the molecule is CCCCCCCCCCCCCCCCCCCCc1ccsc1.c1ccsc1. The van der Waals surface area contributed by atoms with E-state index in [1.807, 2.05) is 34.2 Å². The Labute approximate surface area is 196 Å². The first-order chi connectivity index (χ1) is 14.9. The zero-order valence-electron chi connectivity index (χ0n) is 19.8. The lowest BCUT2D eigenvalue weighted by atomic mass is 10.0. The van der Waals surface area contributed by atoms with Crippen LogP contribution in [0.5, 0.6) is 0 Å². The van der Waals surface area contributed by atoms with Gasteiger partial charge in [-0.05, 0) is 46.0 Å². The molecule has 0 N–H and O–H groups in total. The van der Waals surface area contributed by atoms with Crippen molar-refractivity contribution in [3.63, 3.8) is 0 Å². The molecule has 0 aliphatic heterocycles. The number of rotatable bonds is 19. The molecule has 2 rings (SSSR count). The summed E-state index contributed by atoms with van der Waals surface area (Å²) >= 11 is 3.54. The predicted molar refractivity (Wildman–Crippen MR) is 141 cm³/mol. The fraction of sp³-hybridized carbons (Fsp3) is 0.714. The van der Waals surface area contributed by atoms with Crippen LogP contribution in [0.1, 0.15) is 128 Å². The summed E-state index contributed by atoms with van der Waals surface area (Å²) < 4.78 is 0. The van der Waals surface area contributed by atoms with Crippen molar-refractivity contribution in [2.45, 2.75) is 129 Å². The van der Waals surface area contributed by atoms with Gasteiger partial charge in [-0.2, -0.15) is 22.7 Å². The third-order valence-corrected chi connectivity index (χ3v) is 7.19. The standard InChI is InChI=1S/C24H44S.C4H4S/c1-2-3-4-5-6-7-8-9-10-11-12-13-14-15-16-17-18-19-20-24-21-22-25-23-24;1-2-4-5-3-1/h21-23H,2-20H2,1H3;1-4H. The molecule has 0 radical (unpaired) electrons. The molecule has 0 saturated carbocycles. The molecule has 0 atom stereocenters. The second kappa shape index (κ2) is 23.1. The van der Waals surface area contributed by atoms with E-state index in [4.69, 9.17) is 0 Å². The lowest BCUT2D eigenvalue weighted by molar-refractivity contribution is 0.525. The highest BCUT2D eigenvalue weighted by atomic mass is 32.1. The molecule has 0 saturated heterocycles. The van der Waals surface area contributed by atoms with Crippen LogP contribution in [-0.4, -0.2) is 0 Å². The van der Waals surface area contributed by atoms with Crippen molar-refractivity contribution < 1.29 is 0 Å². The van der Waals surface area contributed by atoms with Crippen molar-refractivity contribution in [2.75, 3.05) is 0 Å². The smallest absolute Gasteiger partial charge is 0.00613 e. The van der Waals surface area contributed by atoms with Crippen molar-refractivity contribution >= 4 is 22.7 Å². The molecular formula is C28H48S2. The summed E-state index contributed by atoms with van der Waals surface area (Å²) in [4.78, 5) is 0. The van der Waals surface area contributed by atoms with Crippen LogP contribution in [0, 0.1) is 0 Å². The quantitative estimate of drug-likeness (QED) is 0.187. The van der Waals surface area contributed by atoms with Crippen LogP contribution in [0.25, 0.3) is 0 Å². The second-order valence-electron chi connectivity index (χ2n) is 8.69. The summed E-state index contributed by atoms with van der Waals surface area (Å²) in [6.45, 7) is 2.30. The van der Waals surface area contributed by atoms with Gasteiger partial charge in [-0.15, -0.1) is 0 Å². The van der Waals surface area contributed by atoms with Gasteiger partial charge >= 0.3 is 0 Å². The van der Waals surface area contributed by atoms with E-state index >= 15 is 0 Å². The molecule has 172 valence electrons. The highest BCUT2D eigenvalue weighted by molar-refractivity contribution is 7.08. The second-order valence-corrected chi connectivity index (χ2v) is 10.3. The first kappa shape index (κ1) is 27.4. The molecule has 0 unspecified atom stereocenters. The Balaban J connectivity index is 0.000000780. The molecule has 0 aliphatic rings. The number of aryl methyl sites for hydroxylation is 1. The Hall–Kier alpha value is -0.600. The molecule has 2 aromatic rings. The van der Waals surface area contributed by atoms with E-state index in [1.54, 1.807) is 16.9 Å². The first-order valence-electron chi connectivity index (χ1n) is 12.9.